The van der Waals surface area contributed by atoms with Crippen molar-refractivity contribution >= 4 is 39.1 Å². The number of rotatable bonds is 10. The van der Waals surface area contributed by atoms with Crippen molar-refractivity contribution in [3.63, 3.8) is 0 Å². The van der Waals surface area contributed by atoms with Gasteiger partial charge < -0.3 is 10.2 Å². The first-order valence-electron chi connectivity index (χ1n) is 12.2. The molecular formula is C26H33ClFN3O4S. The Labute approximate surface area is 217 Å². The van der Waals surface area contributed by atoms with Crippen LogP contribution in [0.4, 0.5) is 10.1 Å². The first-order valence-corrected chi connectivity index (χ1v) is 14.4. The van der Waals surface area contributed by atoms with E-state index >= 15 is 0 Å². The van der Waals surface area contributed by atoms with Gasteiger partial charge in [0.05, 0.1) is 17.0 Å². The van der Waals surface area contributed by atoms with E-state index in [1.54, 1.807) is 37.3 Å². The maximum Gasteiger partial charge on any atom is 0.244 e. The summed E-state index contributed by atoms with van der Waals surface area (Å²) in [7, 11) is -3.87. The third kappa shape index (κ3) is 7.43. The second-order valence-corrected chi connectivity index (χ2v) is 11.5. The Morgan fingerprint density at radius 3 is 2.31 bits per heavy atom. The maximum atomic E-state index is 13.7. The number of amides is 2. The molecule has 1 aliphatic carbocycles. The molecule has 3 rings (SSSR count). The van der Waals surface area contributed by atoms with Crippen LogP contribution in [0.1, 0.15) is 51.0 Å². The van der Waals surface area contributed by atoms with Crippen molar-refractivity contribution in [1.29, 1.82) is 0 Å². The number of hydrogen-bond donors (Lipinski definition) is 1. The maximum absolute atomic E-state index is 13.7. The SMILES string of the molecule is CC[C@H](C(=O)NC1CCCCC1)N(Cc1ccc(F)cc1)C(=O)CN(c1ccccc1Cl)S(C)(=O)=O. The minimum atomic E-state index is -3.87. The number of carbonyl (C=O) groups is 2. The van der Waals surface area contributed by atoms with E-state index in [0.29, 0.717) is 12.0 Å². The van der Waals surface area contributed by atoms with Crippen LogP contribution in [0.2, 0.25) is 5.02 Å². The lowest BCUT2D eigenvalue weighted by molar-refractivity contribution is -0.140. The molecule has 0 spiro atoms. The van der Waals surface area contributed by atoms with Gasteiger partial charge in [-0.25, -0.2) is 12.8 Å². The van der Waals surface area contributed by atoms with E-state index in [1.165, 1.54) is 23.1 Å². The van der Waals surface area contributed by atoms with E-state index in [1.807, 2.05) is 0 Å². The van der Waals surface area contributed by atoms with Gasteiger partial charge in [0.1, 0.15) is 18.4 Å². The summed E-state index contributed by atoms with van der Waals surface area (Å²) in [6.45, 7) is 1.30. The first-order chi connectivity index (χ1) is 17.1. The van der Waals surface area contributed by atoms with Gasteiger partial charge in [-0.05, 0) is 49.1 Å². The van der Waals surface area contributed by atoms with Crippen LogP contribution < -0.4 is 9.62 Å². The number of anilines is 1. The van der Waals surface area contributed by atoms with Crippen LogP contribution in [0.5, 0.6) is 0 Å². The zero-order chi connectivity index (χ0) is 26.3. The normalized spacial score (nSPS) is 15.2. The highest BCUT2D eigenvalue weighted by atomic mass is 35.5. The molecule has 2 aromatic rings. The third-order valence-corrected chi connectivity index (χ3v) is 7.85. The van der Waals surface area contributed by atoms with Crippen LogP contribution in [0.3, 0.4) is 0 Å². The Balaban J connectivity index is 1.91. The molecule has 0 aliphatic heterocycles. The summed E-state index contributed by atoms with van der Waals surface area (Å²) in [6, 6.07) is 11.3. The lowest BCUT2D eigenvalue weighted by Crippen LogP contribution is -2.54. The average molecular weight is 538 g/mol. The van der Waals surface area contributed by atoms with Crippen LogP contribution in [-0.4, -0.2) is 50.0 Å². The fourth-order valence-corrected chi connectivity index (χ4v) is 5.65. The highest BCUT2D eigenvalue weighted by Crippen LogP contribution is 2.28. The highest BCUT2D eigenvalue weighted by Gasteiger charge is 2.33. The molecule has 0 saturated heterocycles. The van der Waals surface area contributed by atoms with Crippen molar-refractivity contribution in [2.45, 2.75) is 64.1 Å². The Morgan fingerprint density at radius 1 is 1.08 bits per heavy atom. The van der Waals surface area contributed by atoms with Gasteiger partial charge in [0.25, 0.3) is 0 Å². The van der Waals surface area contributed by atoms with Gasteiger partial charge in [0.15, 0.2) is 0 Å². The highest BCUT2D eigenvalue weighted by molar-refractivity contribution is 7.92. The van der Waals surface area contributed by atoms with Crippen LogP contribution in [0.15, 0.2) is 48.5 Å². The molecule has 2 amide bonds. The van der Waals surface area contributed by atoms with Crippen molar-refractivity contribution in [1.82, 2.24) is 10.2 Å². The monoisotopic (exact) mass is 537 g/mol. The molecule has 10 heteroatoms. The largest absolute Gasteiger partial charge is 0.352 e. The molecule has 7 nitrogen and oxygen atoms in total. The van der Waals surface area contributed by atoms with Crippen molar-refractivity contribution in [2.75, 3.05) is 17.1 Å². The minimum Gasteiger partial charge on any atom is -0.352 e. The number of sulfonamides is 1. The molecule has 1 atom stereocenters. The summed E-state index contributed by atoms with van der Waals surface area (Å²) in [5.41, 5.74) is 0.800. The molecule has 0 unspecified atom stereocenters. The molecule has 0 radical (unpaired) electrons. The van der Waals surface area contributed by atoms with Gasteiger partial charge in [-0.2, -0.15) is 0 Å². The summed E-state index contributed by atoms with van der Waals surface area (Å²) in [4.78, 5) is 28.4. The molecular weight excluding hydrogens is 505 g/mol. The number of benzene rings is 2. The molecule has 196 valence electrons. The predicted octanol–water partition coefficient (Wildman–Crippen LogP) is 4.50. The first kappa shape index (κ1) is 27.9. The Bertz CT molecular complexity index is 1150. The zero-order valence-electron chi connectivity index (χ0n) is 20.6. The standard InChI is InChI=1S/C26H33ClFN3O4S/c1-3-23(26(33)29-21-9-5-4-6-10-21)30(17-19-13-15-20(28)16-14-19)25(32)18-31(36(2,34)35)24-12-8-7-11-22(24)27/h7-8,11-16,21,23H,3-6,9-10,17-18H2,1-2H3,(H,29,33)/t23-/m1/s1. The van der Waals surface area contributed by atoms with E-state index in [2.05, 4.69) is 5.32 Å². The Hall–Kier alpha value is -2.65. The summed E-state index contributed by atoms with van der Waals surface area (Å²) < 4.78 is 39.7. The van der Waals surface area contributed by atoms with E-state index in [-0.39, 0.29) is 29.2 Å². The van der Waals surface area contributed by atoms with E-state index < -0.39 is 34.3 Å². The fraction of sp³-hybridized carbons (Fsp3) is 0.462. The molecule has 0 heterocycles. The quantitative estimate of drug-likeness (QED) is 0.483. The number of carbonyl (C=O) groups excluding carboxylic acids is 2. The molecule has 36 heavy (non-hydrogen) atoms. The van der Waals surface area contributed by atoms with Crippen molar-refractivity contribution in [2.24, 2.45) is 0 Å². The fourth-order valence-electron chi connectivity index (χ4n) is 4.50. The van der Waals surface area contributed by atoms with Crippen LogP contribution >= 0.6 is 11.6 Å². The van der Waals surface area contributed by atoms with Gasteiger partial charge in [0.2, 0.25) is 21.8 Å². The second kappa shape index (κ2) is 12.5. The Kier molecular flexibility index (Phi) is 9.73. The van der Waals surface area contributed by atoms with Crippen molar-refractivity contribution < 1.29 is 22.4 Å². The van der Waals surface area contributed by atoms with Gasteiger partial charge in [-0.1, -0.05) is 62.1 Å². The molecule has 1 aliphatic rings. The van der Waals surface area contributed by atoms with Crippen LogP contribution in [-0.2, 0) is 26.2 Å². The van der Waals surface area contributed by atoms with Gasteiger partial charge >= 0.3 is 0 Å². The number of para-hydroxylation sites is 1. The predicted molar refractivity (Wildman–Crippen MR) is 140 cm³/mol. The van der Waals surface area contributed by atoms with Gasteiger partial charge in [-0.3, -0.25) is 13.9 Å². The average Bonchev–Trinajstić information content (AvgIpc) is 2.84. The molecule has 0 aromatic heterocycles. The smallest absolute Gasteiger partial charge is 0.244 e. The van der Waals surface area contributed by atoms with Gasteiger partial charge in [0, 0.05) is 12.6 Å². The minimum absolute atomic E-state index is 0.0236. The number of nitrogens with one attached hydrogen (secondary N) is 1. The summed E-state index contributed by atoms with van der Waals surface area (Å²) >= 11 is 6.25. The lowest BCUT2D eigenvalue weighted by Gasteiger charge is -2.34. The molecule has 2 aromatic carbocycles. The van der Waals surface area contributed by atoms with Crippen LogP contribution in [0.25, 0.3) is 0 Å². The number of hydrogen-bond acceptors (Lipinski definition) is 4. The summed E-state index contributed by atoms with van der Waals surface area (Å²) in [5, 5.41) is 3.26. The molecule has 1 fully saturated rings. The van der Waals surface area contributed by atoms with E-state index in [4.69, 9.17) is 11.6 Å². The topological polar surface area (TPSA) is 86.8 Å². The summed E-state index contributed by atoms with van der Waals surface area (Å²) in [5.74, 6) is -1.25. The van der Waals surface area contributed by atoms with E-state index in [0.717, 1.165) is 42.7 Å². The zero-order valence-corrected chi connectivity index (χ0v) is 22.2. The van der Waals surface area contributed by atoms with Crippen LogP contribution in [0, 0.1) is 5.82 Å². The molecule has 0 bridgehead atoms. The lowest BCUT2D eigenvalue weighted by atomic mass is 9.95. The van der Waals surface area contributed by atoms with Crippen molar-refractivity contribution in [3.8, 4) is 0 Å². The van der Waals surface area contributed by atoms with Gasteiger partial charge in [-0.15, -0.1) is 0 Å². The molecule has 1 N–H and O–H groups in total. The van der Waals surface area contributed by atoms with Crippen molar-refractivity contribution in [3.05, 3.63) is 64.9 Å². The Morgan fingerprint density at radius 2 is 1.72 bits per heavy atom. The number of nitrogens with zero attached hydrogens (tertiary/aromatic N) is 2. The molecule has 1 saturated carbocycles. The number of halogens is 2. The van der Waals surface area contributed by atoms with E-state index in [9.17, 15) is 22.4 Å². The third-order valence-electron chi connectivity index (χ3n) is 6.40. The second-order valence-electron chi connectivity index (χ2n) is 9.14. The summed E-state index contributed by atoms with van der Waals surface area (Å²) in [6.07, 6.45) is 6.34.